The van der Waals surface area contributed by atoms with E-state index in [4.69, 9.17) is 9.31 Å². The molecular formula is C15H19BBrFO2. The zero-order chi connectivity index (χ0) is 14.7. The fraction of sp³-hybridized carbons (Fsp3) is 0.600. The largest absolute Gasteiger partial charge is 0.461 e. The first kappa shape index (κ1) is 14.5. The van der Waals surface area contributed by atoms with E-state index < -0.39 is 0 Å². The molecule has 0 unspecified atom stereocenters. The van der Waals surface area contributed by atoms with Gasteiger partial charge in [0.05, 0.1) is 15.7 Å². The Morgan fingerprint density at radius 1 is 1.20 bits per heavy atom. The standard InChI is InChI=1S/C15H19BBrFO2/c1-14(2)15(3,4)20-16(19-14)11-8-10(11)9-5-6-13(18)12(17)7-9/h5-7,10-11H,8H2,1-4H3/t10-,11+/m0/s1. The Labute approximate surface area is 128 Å². The fourth-order valence-electron chi connectivity index (χ4n) is 2.71. The van der Waals surface area contributed by atoms with Gasteiger partial charge in [-0.3, -0.25) is 0 Å². The second-order valence-corrected chi connectivity index (χ2v) is 7.66. The highest BCUT2D eigenvalue weighted by Crippen LogP contribution is 2.58. The first-order valence-corrected chi connectivity index (χ1v) is 7.81. The highest BCUT2D eigenvalue weighted by Gasteiger charge is 2.59. The van der Waals surface area contributed by atoms with Crippen molar-refractivity contribution in [3.63, 3.8) is 0 Å². The summed E-state index contributed by atoms with van der Waals surface area (Å²) in [5, 5.41) is 0. The molecule has 0 radical (unpaired) electrons. The van der Waals surface area contributed by atoms with E-state index in [2.05, 4.69) is 43.6 Å². The van der Waals surface area contributed by atoms with E-state index >= 15 is 0 Å². The average Bonchev–Trinajstić information content (AvgIpc) is 3.07. The Balaban J connectivity index is 1.72. The normalized spacial score (nSPS) is 30.6. The van der Waals surface area contributed by atoms with Crippen molar-refractivity contribution in [3.05, 3.63) is 34.1 Å². The van der Waals surface area contributed by atoms with Gasteiger partial charge < -0.3 is 9.31 Å². The maximum absolute atomic E-state index is 13.3. The molecule has 2 aliphatic rings. The van der Waals surface area contributed by atoms with E-state index in [1.165, 1.54) is 6.07 Å². The van der Waals surface area contributed by atoms with Crippen molar-refractivity contribution >= 4 is 23.0 Å². The maximum Gasteiger partial charge on any atom is 0.461 e. The van der Waals surface area contributed by atoms with Crippen LogP contribution in [0, 0.1) is 5.82 Å². The van der Waals surface area contributed by atoms with E-state index in [9.17, 15) is 4.39 Å². The van der Waals surface area contributed by atoms with Crippen LogP contribution in [-0.2, 0) is 9.31 Å². The number of hydrogen-bond donors (Lipinski definition) is 0. The smallest absolute Gasteiger partial charge is 0.403 e. The fourth-order valence-corrected chi connectivity index (χ4v) is 3.10. The number of halogens is 2. The van der Waals surface area contributed by atoms with Crippen LogP contribution in [0.15, 0.2) is 22.7 Å². The van der Waals surface area contributed by atoms with Gasteiger partial charge in [0.25, 0.3) is 0 Å². The first-order chi connectivity index (χ1) is 9.21. The molecule has 1 saturated heterocycles. The molecule has 1 aromatic rings. The molecule has 0 bridgehead atoms. The minimum absolute atomic E-state index is 0.158. The van der Waals surface area contributed by atoms with Crippen molar-refractivity contribution < 1.29 is 13.7 Å². The van der Waals surface area contributed by atoms with Crippen LogP contribution in [0.25, 0.3) is 0 Å². The van der Waals surface area contributed by atoms with Gasteiger partial charge in [-0.1, -0.05) is 6.07 Å². The zero-order valence-corrected chi connectivity index (χ0v) is 13.8. The molecule has 0 spiro atoms. The van der Waals surface area contributed by atoms with Crippen LogP contribution in [0.4, 0.5) is 4.39 Å². The topological polar surface area (TPSA) is 18.5 Å². The van der Waals surface area contributed by atoms with Crippen molar-refractivity contribution in [2.45, 2.75) is 57.1 Å². The van der Waals surface area contributed by atoms with Crippen LogP contribution in [0.2, 0.25) is 5.82 Å². The first-order valence-electron chi connectivity index (χ1n) is 7.02. The predicted octanol–water partition coefficient (Wildman–Crippen LogP) is 4.54. The lowest BCUT2D eigenvalue weighted by Gasteiger charge is -2.32. The van der Waals surface area contributed by atoms with E-state index in [1.807, 2.05) is 12.1 Å². The van der Waals surface area contributed by atoms with Crippen molar-refractivity contribution in [2.24, 2.45) is 0 Å². The highest BCUT2D eigenvalue weighted by molar-refractivity contribution is 9.10. The molecule has 20 heavy (non-hydrogen) atoms. The monoisotopic (exact) mass is 340 g/mol. The van der Waals surface area contributed by atoms with Crippen LogP contribution in [-0.4, -0.2) is 18.3 Å². The van der Waals surface area contributed by atoms with Crippen molar-refractivity contribution in [1.82, 2.24) is 0 Å². The van der Waals surface area contributed by atoms with Crippen molar-refractivity contribution in [2.75, 3.05) is 0 Å². The zero-order valence-electron chi connectivity index (χ0n) is 12.2. The summed E-state index contributed by atoms with van der Waals surface area (Å²) in [6.45, 7) is 8.27. The average molecular weight is 341 g/mol. The van der Waals surface area contributed by atoms with E-state index in [1.54, 1.807) is 0 Å². The molecule has 1 aromatic carbocycles. The van der Waals surface area contributed by atoms with Crippen LogP contribution >= 0.6 is 15.9 Å². The van der Waals surface area contributed by atoms with Gasteiger partial charge in [-0.25, -0.2) is 4.39 Å². The number of benzene rings is 1. The summed E-state index contributed by atoms with van der Waals surface area (Å²) in [4.78, 5) is 0. The van der Waals surface area contributed by atoms with Gasteiger partial charge in [0.1, 0.15) is 5.82 Å². The molecule has 1 heterocycles. The number of hydrogen-bond acceptors (Lipinski definition) is 2. The lowest BCUT2D eigenvalue weighted by atomic mass is 9.79. The van der Waals surface area contributed by atoms with Crippen LogP contribution < -0.4 is 0 Å². The summed E-state index contributed by atoms with van der Waals surface area (Å²) < 4.78 is 26.0. The molecule has 2 fully saturated rings. The van der Waals surface area contributed by atoms with Crippen LogP contribution in [0.5, 0.6) is 0 Å². The third-order valence-electron chi connectivity index (χ3n) is 4.83. The Morgan fingerprint density at radius 3 is 2.35 bits per heavy atom. The molecule has 2 atom stereocenters. The van der Waals surface area contributed by atoms with E-state index in [0.29, 0.717) is 16.2 Å². The predicted molar refractivity (Wildman–Crippen MR) is 81.3 cm³/mol. The van der Waals surface area contributed by atoms with Gasteiger partial charge in [-0.2, -0.15) is 0 Å². The lowest BCUT2D eigenvalue weighted by molar-refractivity contribution is 0.00578. The number of rotatable bonds is 2. The summed E-state index contributed by atoms with van der Waals surface area (Å²) in [5.41, 5.74) is 0.584. The third-order valence-corrected chi connectivity index (χ3v) is 5.44. The quantitative estimate of drug-likeness (QED) is 0.736. The molecule has 1 aliphatic heterocycles. The van der Waals surface area contributed by atoms with Gasteiger partial charge in [0, 0.05) is 5.82 Å². The second kappa shape index (κ2) is 4.55. The molecule has 2 nitrogen and oxygen atoms in total. The second-order valence-electron chi connectivity index (χ2n) is 6.80. The van der Waals surface area contributed by atoms with Crippen LogP contribution in [0.1, 0.15) is 45.6 Å². The maximum atomic E-state index is 13.3. The van der Waals surface area contributed by atoms with Gasteiger partial charge >= 0.3 is 7.12 Å². The SMILES string of the molecule is CC1(C)OB([C@@H]2C[C@H]2c2ccc(F)c(Br)c2)OC1(C)C. The highest BCUT2D eigenvalue weighted by atomic mass is 79.9. The molecule has 5 heteroatoms. The van der Waals surface area contributed by atoms with Crippen molar-refractivity contribution in [1.29, 1.82) is 0 Å². The molecule has 3 rings (SSSR count). The molecule has 0 amide bonds. The minimum Gasteiger partial charge on any atom is -0.403 e. The summed E-state index contributed by atoms with van der Waals surface area (Å²) >= 11 is 3.24. The molecular weight excluding hydrogens is 322 g/mol. The molecule has 1 saturated carbocycles. The van der Waals surface area contributed by atoms with Crippen molar-refractivity contribution in [3.8, 4) is 0 Å². The Morgan fingerprint density at radius 2 is 1.80 bits per heavy atom. The van der Waals surface area contributed by atoms with Gasteiger partial charge in [0.2, 0.25) is 0 Å². The van der Waals surface area contributed by atoms with E-state index in [-0.39, 0.29) is 24.1 Å². The van der Waals surface area contributed by atoms with E-state index in [0.717, 1.165) is 12.0 Å². The summed E-state index contributed by atoms with van der Waals surface area (Å²) in [7, 11) is -0.158. The molecule has 1 aliphatic carbocycles. The van der Waals surface area contributed by atoms with Gasteiger partial charge in [0.15, 0.2) is 0 Å². The van der Waals surface area contributed by atoms with Gasteiger partial charge in [-0.05, 0) is 73.7 Å². The Hall–Kier alpha value is -0.385. The summed E-state index contributed by atoms with van der Waals surface area (Å²) in [6, 6.07) is 5.24. The molecule has 0 N–H and O–H groups in total. The van der Waals surface area contributed by atoms with Gasteiger partial charge in [-0.15, -0.1) is 0 Å². The Bertz CT molecular complexity index is 531. The minimum atomic E-state index is -0.284. The van der Waals surface area contributed by atoms with Crippen LogP contribution in [0.3, 0.4) is 0 Å². The lowest BCUT2D eigenvalue weighted by Crippen LogP contribution is -2.41. The summed E-state index contributed by atoms with van der Waals surface area (Å²) in [5.74, 6) is 0.552. The molecule has 0 aromatic heterocycles. The third kappa shape index (κ3) is 2.34. The Kier molecular flexibility index (Phi) is 3.31. The molecule has 108 valence electrons. The summed E-state index contributed by atoms with van der Waals surface area (Å²) in [6.07, 6.45) is 1.04.